The molecule has 7 heteroatoms. The van der Waals surface area contributed by atoms with E-state index in [0.717, 1.165) is 19.3 Å². The van der Waals surface area contributed by atoms with Crippen molar-refractivity contribution in [3.63, 3.8) is 0 Å². The third-order valence-corrected chi connectivity index (χ3v) is 6.00. The quantitative estimate of drug-likeness (QED) is 0.906. The molecule has 122 valence electrons. The second-order valence-electron chi connectivity index (χ2n) is 5.54. The fourth-order valence-corrected chi connectivity index (χ4v) is 4.61. The summed E-state index contributed by atoms with van der Waals surface area (Å²) >= 11 is 0. The number of hydrogen-bond acceptors (Lipinski definition) is 4. The lowest BCUT2D eigenvalue weighted by Crippen LogP contribution is -2.40. The first-order valence-corrected chi connectivity index (χ1v) is 8.64. The lowest BCUT2D eigenvalue weighted by Gasteiger charge is -2.32. The van der Waals surface area contributed by atoms with E-state index in [0.29, 0.717) is 36.7 Å². The number of nitrogens with two attached hydrogens (primary N) is 1. The molecule has 0 bridgehead atoms. The van der Waals surface area contributed by atoms with Crippen LogP contribution in [0.4, 0.5) is 0 Å². The van der Waals surface area contributed by atoms with Crippen LogP contribution in [0, 0.1) is 24.2 Å². The second-order valence-corrected chi connectivity index (χ2v) is 7.45. The van der Waals surface area contributed by atoms with Gasteiger partial charge in [0.05, 0.1) is 16.5 Å². The summed E-state index contributed by atoms with van der Waals surface area (Å²) in [7, 11) is -3.54. The average molecular weight is 344 g/mol. The lowest BCUT2D eigenvalue weighted by molar-refractivity contribution is 0.258. The maximum absolute atomic E-state index is 12.8. The van der Waals surface area contributed by atoms with Gasteiger partial charge in [-0.05, 0) is 56.3 Å². The van der Waals surface area contributed by atoms with Crippen molar-refractivity contribution in [1.29, 1.82) is 5.26 Å². The van der Waals surface area contributed by atoms with Gasteiger partial charge in [-0.1, -0.05) is 6.07 Å². The molecule has 1 aliphatic heterocycles. The van der Waals surface area contributed by atoms with Gasteiger partial charge in [0.25, 0.3) is 0 Å². The summed E-state index contributed by atoms with van der Waals surface area (Å²) in [5.41, 5.74) is 6.63. The Bertz CT molecular complexity index is 653. The van der Waals surface area contributed by atoms with Gasteiger partial charge < -0.3 is 5.73 Å². The van der Waals surface area contributed by atoms with Crippen LogP contribution in [0.5, 0.6) is 0 Å². The maximum Gasteiger partial charge on any atom is 0.243 e. The van der Waals surface area contributed by atoms with Crippen molar-refractivity contribution in [2.24, 2.45) is 11.7 Å². The molecule has 0 saturated carbocycles. The normalized spacial score (nSPS) is 19.2. The molecule has 2 rings (SSSR count). The number of piperidine rings is 1. The van der Waals surface area contributed by atoms with Gasteiger partial charge in [-0.15, -0.1) is 12.4 Å². The molecule has 0 radical (unpaired) electrons. The SMILES string of the molecule is Cc1ccc(C#N)cc1S(=O)(=O)N1CCCC(CCN)C1.Cl. The minimum atomic E-state index is -3.54. The minimum absolute atomic E-state index is 0. The van der Waals surface area contributed by atoms with E-state index >= 15 is 0 Å². The van der Waals surface area contributed by atoms with Crippen LogP contribution in [0.3, 0.4) is 0 Å². The van der Waals surface area contributed by atoms with Gasteiger partial charge in [-0.2, -0.15) is 9.57 Å². The van der Waals surface area contributed by atoms with Crippen LogP contribution >= 0.6 is 12.4 Å². The third-order valence-electron chi connectivity index (χ3n) is 3.99. The Morgan fingerprint density at radius 3 is 2.82 bits per heavy atom. The Labute approximate surface area is 138 Å². The molecule has 1 heterocycles. The summed E-state index contributed by atoms with van der Waals surface area (Å²) in [6.07, 6.45) is 2.74. The van der Waals surface area contributed by atoms with E-state index in [1.165, 1.54) is 6.07 Å². The average Bonchev–Trinajstić information content (AvgIpc) is 2.48. The molecule has 1 saturated heterocycles. The van der Waals surface area contributed by atoms with Crippen molar-refractivity contribution >= 4 is 22.4 Å². The topological polar surface area (TPSA) is 87.2 Å². The van der Waals surface area contributed by atoms with Crippen LogP contribution in [-0.4, -0.2) is 32.4 Å². The van der Waals surface area contributed by atoms with Crippen molar-refractivity contribution in [2.45, 2.75) is 31.1 Å². The van der Waals surface area contributed by atoms with Crippen molar-refractivity contribution in [1.82, 2.24) is 4.31 Å². The van der Waals surface area contributed by atoms with Gasteiger partial charge in [-0.25, -0.2) is 8.42 Å². The van der Waals surface area contributed by atoms with Crippen LogP contribution in [-0.2, 0) is 10.0 Å². The highest BCUT2D eigenvalue weighted by Gasteiger charge is 2.31. The summed E-state index contributed by atoms with van der Waals surface area (Å²) in [6, 6.07) is 6.80. The van der Waals surface area contributed by atoms with E-state index in [1.54, 1.807) is 23.4 Å². The highest BCUT2D eigenvalue weighted by atomic mass is 35.5. The van der Waals surface area contributed by atoms with Gasteiger partial charge in [0.2, 0.25) is 10.0 Å². The largest absolute Gasteiger partial charge is 0.330 e. The zero-order chi connectivity index (χ0) is 15.5. The first-order valence-electron chi connectivity index (χ1n) is 7.20. The minimum Gasteiger partial charge on any atom is -0.330 e. The fraction of sp³-hybridized carbons (Fsp3) is 0.533. The zero-order valence-corrected chi connectivity index (χ0v) is 14.3. The molecule has 0 aromatic heterocycles. The summed E-state index contributed by atoms with van der Waals surface area (Å²) in [5, 5.41) is 8.97. The van der Waals surface area contributed by atoms with E-state index < -0.39 is 10.0 Å². The highest BCUT2D eigenvalue weighted by Crippen LogP contribution is 2.27. The van der Waals surface area contributed by atoms with Crippen molar-refractivity contribution < 1.29 is 8.42 Å². The predicted octanol–water partition coefficient (Wildman–Crippen LogP) is 2.04. The van der Waals surface area contributed by atoms with Gasteiger partial charge >= 0.3 is 0 Å². The Morgan fingerprint density at radius 1 is 1.45 bits per heavy atom. The second kappa shape index (κ2) is 7.93. The molecular weight excluding hydrogens is 322 g/mol. The summed E-state index contributed by atoms with van der Waals surface area (Å²) in [6.45, 7) is 3.41. The molecule has 1 aromatic rings. The van der Waals surface area contributed by atoms with E-state index in [1.807, 2.05) is 6.07 Å². The Kier molecular flexibility index (Phi) is 6.82. The predicted molar refractivity (Wildman–Crippen MR) is 88.3 cm³/mol. The Morgan fingerprint density at radius 2 is 2.18 bits per heavy atom. The van der Waals surface area contributed by atoms with E-state index in [2.05, 4.69) is 0 Å². The summed E-state index contributed by atoms with van der Waals surface area (Å²) < 4.78 is 27.2. The number of aryl methyl sites for hydroxylation is 1. The summed E-state index contributed by atoms with van der Waals surface area (Å²) in [5.74, 6) is 0.331. The maximum atomic E-state index is 12.8. The first kappa shape index (κ1) is 18.9. The molecule has 0 aliphatic carbocycles. The van der Waals surface area contributed by atoms with E-state index in [9.17, 15) is 8.42 Å². The number of hydrogen-bond donors (Lipinski definition) is 1. The van der Waals surface area contributed by atoms with Crippen molar-refractivity contribution in [3.05, 3.63) is 29.3 Å². The Hall–Kier alpha value is -1.13. The Balaban J connectivity index is 0.00000242. The molecule has 0 amide bonds. The van der Waals surface area contributed by atoms with Crippen LogP contribution in [0.1, 0.15) is 30.4 Å². The van der Waals surface area contributed by atoms with E-state index in [4.69, 9.17) is 11.0 Å². The van der Waals surface area contributed by atoms with Crippen LogP contribution in [0.25, 0.3) is 0 Å². The van der Waals surface area contributed by atoms with Crippen LogP contribution in [0.15, 0.2) is 23.1 Å². The highest BCUT2D eigenvalue weighted by molar-refractivity contribution is 7.89. The molecule has 22 heavy (non-hydrogen) atoms. The number of benzene rings is 1. The van der Waals surface area contributed by atoms with Gasteiger partial charge in [-0.3, -0.25) is 0 Å². The third kappa shape index (κ3) is 3.99. The van der Waals surface area contributed by atoms with Gasteiger partial charge in [0, 0.05) is 13.1 Å². The van der Waals surface area contributed by atoms with Gasteiger partial charge in [0.15, 0.2) is 0 Å². The molecule has 2 N–H and O–H groups in total. The van der Waals surface area contributed by atoms with Crippen LogP contribution < -0.4 is 5.73 Å². The number of halogens is 1. The molecule has 1 atom stereocenters. The molecule has 1 unspecified atom stereocenters. The van der Waals surface area contributed by atoms with Crippen molar-refractivity contribution in [3.8, 4) is 6.07 Å². The monoisotopic (exact) mass is 343 g/mol. The van der Waals surface area contributed by atoms with E-state index in [-0.39, 0.29) is 17.3 Å². The molecule has 1 aliphatic rings. The molecule has 0 spiro atoms. The summed E-state index contributed by atoms with van der Waals surface area (Å²) in [4.78, 5) is 0.245. The molecule has 5 nitrogen and oxygen atoms in total. The van der Waals surface area contributed by atoms with Crippen LogP contribution in [0.2, 0.25) is 0 Å². The molecule has 1 fully saturated rings. The number of sulfonamides is 1. The number of rotatable bonds is 4. The standard InChI is InChI=1S/C15H21N3O2S.ClH/c1-12-4-5-14(10-17)9-15(12)21(19,20)18-8-2-3-13(11-18)6-7-16;/h4-5,9,13H,2-3,6-8,11,16H2,1H3;1H. The van der Waals surface area contributed by atoms with Gasteiger partial charge in [0.1, 0.15) is 0 Å². The molecule has 1 aromatic carbocycles. The number of nitrogens with zero attached hydrogens (tertiary/aromatic N) is 2. The number of nitriles is 1. The van der Waals surface area contributed by atoms with Crippen molar-refractivity contribution in [2.75, 3.05) is 19.6 Å². The fourth-order valence-electron chi connectivity index (χ4n) is 2.80. The zero-order valence-electron chi connectivity index (χ0n) is 12.7. The lowest BCUT2D eigenvalue weighted by atomic mass is 9.96. The smallest absolute Gasteiger partial charge is 0.243 e. The first-order chi connectivity index (χ1) is 9.98. The molecular formula is C15H22ClN3O2S.